The van der Waals surface area contributed by atoms with E-state index >= 15 is 0 Å². The molecule has 0 fully saturated rings. The van der Waals surface area contributed by atoms with E-state index in [2.05, 4.69) is 4.99 Å². The van der Waals surface area contributed by atoms with Crippen LogP contribution in [0.15, 0.2) is 47.0 Å². The normalized spacial score (nSPS) is 27.4. The van der Waals surface area contributed by atoms with Crippen LogP contribution in [0.2, 0.25) is 0 Å². The van der Waals surface area contributed by atoms with Crippen molar-refractivity contribution in [1.82, 2.24) is 0 Å². The van der Waals surface area contributed by atoms with E-state index in [1.807, 2.05) is 50.3 Å². The zero-order chi connectivity index (χ0) is 13.3. The number of hydrogen-bond acceptors (Lipinski definition) is 3. The van der Waals surface area contributed by atoms with Crippen LogP contribution in [0.3, 0.4) is 0 Å². The zero-order valence-electron chi connectivity index (χ0n) is 10.6. The minimum atomic E-state index is -1.05. The minimum Gasteiger partial charge on any atom is -0.369 e. The Balaban J connectivity index is 2.64. The van der Waals surface area contributed by atoms with Crippen molar-refractivity contribution in [3.05, 3.63) is 47.5 Å². The summed E-state index contributed by atoms with van der Waals surface area (Å²) in [7, 11) is 0. The number of benzene rings is 1. The van der Waals surface area contributed by atoms with Crippen molar-refractivity contribution in [3.63, 3.8) is 0 Å². The zero-order valence-corrected chi connectivity index (χ0v) is 10.6. The quantitative estimate of drug-likeness (QED) is 0.816. The molecule has 1 aliphatic rings. The summed E-state index contributed by atoms with van der Waals surface area (Å²) in [6.45, 7) is 3.78. The van der Waals surface area contributed by atoms with E-state index < -0.39 is 17.5 Å². The van der Waals surface area contributed by atoms with E-state index in [1.165, 1.54) is 0 Å². The molecule has 4 N–H and O–H groups in total. The van der Waals surface area contributed by atoms with Crippen molar-refractivity contribution in [2.45, 2.75) is 25.4 Å². The van der Waals surface area contributed by atoms with Crippen molar-refractivity contribution in [2.24, 2.45) is 16.5 Å². The lowest BCUT2D eigenvalue weighted by Crippen LogP contribution is -2.54. The van der Waals surface area contributed by atoms with Gasteiger partial charge < -0.3 is 11.5 Å². The standard InChI is InChI=1S/C14H17N3O/c1-9-8-14(13(16)18,12(15)17-10(9)2)11-6-4-3-5-7-11/h3-8,12H,15H2,1-2H3,(H2,16,18). The molecule has 0 spiro atoms. The maximum absolute atomic E-state index is 12.0. The molecular formula is C14H17N3O. The second-order valence-electron chi connectivity index (χ2n) is 4.59. The van der Waals surface area contributed by atoms with Crippen LogP contribution in [0.25, 0.3) is 0 Å². The third-order valence-electron chi connectivity index (χ3n) is 3.47. The highest BCUT2D eigenvalue weighted by molar-refractivity contribution is 6.02. The molecule has 2 atom stereocenters. The molecule has 1 aliphatic heterocycles. The number of dihydropyridines is 1. The van der Waals surface area contributed by atoms with Gasteiger partial charge >= 0.3 is 0 Å². The van der Waals surface area contributed by atoms with Gasteiger partial charge in [-0.25, -0.2) is 0 Å². The molecule has 1 heterocycles. The average Bonchev–Trinajstić information content (AvgIpc) is 2.34. The van der Waals surface area contributed by atoms with E-state index in [0.29, 0.717) is 0 Å². The molecular weight excluding hydrogens is 226 g/mol. The van der Waals surface area contributed by atoms with Crippen molar-refractivity contribution >= 4 is 11.6 Å². The number of amides is 1. The van der Waals surface area contributed by atoms with Gasteiger partial charge in [-0.2, -0.15) is 0 Å². The smallest absolute Gasteiger partial charge is 0.235 e. The molecule has 18 heavy (non-hydrogen) atoms. The summed E-state index contributed by atoms with van der Waals surface area (Å²) in [5, 5.41) is 0. The summed E-state index contributed by atoms with van der Waals surface area (Å²) in [6, 6.07) is 9.31. The lowest BCUT2D eigenvalue weighted by atomic mass is 9.74. The Morgan fingerprint density at radius 1 is 1.28 bits per heavy atom. The Bertz CT molecular complexity index is 533. The maximum Gasteiger partial charge on any atom is 0.235 e. The number of primary amides is 1. The summed E-state index contributed by atoms with van der Waals surface area (Å²) < 4.78 is 0. The highest BCUT2D eigenvalue weighted by Gasteiger charge is 2.44. The third-order valence-corrected chi connectivity index (χ3v) is 3.47. The second-order valence-corrected chi connectivity index (χ2v) is 4.59. The highest BCUT2D eigenvalue weighted by Crippen LogP contribution is 2.33. The SMILES string of the molecule is CC1=CC(C(N)=O)(c2ccccc2)C(N)N=C1C. The van der Waals surface area contributed by atoms with Crippen molar-refractivity contribution in [1.29, 1.82) is 0 Å². The van der Waals surface area contributed by atoms with Gasteiger partial charge in [-0.3, -0.25) is 9.79 Å². The van der Waals surface area contributed by atoms with Gasteiger partial charge in [-0.15, -0.1) is 0 Å². The first kappa shape index (κ1) is 12.5. The molecule has 0 bridgehead atoms. The van der Waals surface area contributed by atoms with Gasteiger partial charge in [0.05, 0.1) is 0 Å². The van der Waals surface area contributed by atoms with Gasteiger partial charge in [0, 0.05) is 5.71 Å². The predicted molar refractivity (Wildman–Crippen MR) is 72.2 cm³/mol. The third kappa shape index (κ3) is 1.75. The first-order valence-corrected chi connectivity index (χ1v) is 5.83. The molecule has 0 aromatic heterocycles. The van der Waals surface area contributed by atoms with Crippen LogP contribution >= 0.6 is 0 Å². The van der Waals surface area contributed by atoms with Crippen molar-refractivity contribution < 1.29 is 4.79 Å². The topological polar surface area (TPSA) is 81.5 Å². The van der Waals surface area contributed by atoms with E-state index in [9.17, 15) is 4.79 Å². The Hall–Kier alpha value is -1.94. The number of nitrogens with zero attached hydrogens (tertiary/aromatic N) is 1. The number of rotatable bonds is 2. The molecule has 4 nitrogen and oxygen atoms in total. The van der Waals surface area contributed by atoms with Crippen LogP contribution in [0.4, 0.5) is 0 Å². The van der Waals surface area contributed by atoms with Crippen molar-refractivity contribution in [2.75, 3.05) is 0 Å². The Morgan fingerprint density at radius 2 is 1.89 bits per heavy atom. The Kier molecular flexibility index (Phi) is 3.05. The van der Waals surface area contributed by atoms with Crippen LogP contribution in [0.5, 0.6) is 0 Å². The summed E-state index contributed by atoms with van der Waals surface area (Å²) in [6.07, 6.45) is 1.15. The summed E-state index contributed by atoms with van der Waals surface area (Å²) >= 11 is 0. The second kappa shape index (κ2) is 4.38. The van der Waals surface area contributed by atoms with Gasteiger partial charge in [0.15, 0.2) is 0 Å². The molecule has 0 saturated carbocycles. The van der Waals surface area contributed by atoms with Gasteiger partial charge in [0.25, 0.3) is 0 Å². The van der Waals surface area contributed by atoms with E-state index in [1.54, 1.807) is 0 Å². The number of carbonyl (C=O) groups excluding carboxylic acids is 1. The number of carbonyl (C=O) groups is 1. The molecule has 2 rings (SSSR count). The molecule has 94 valence electrons. The highest BCUT2D eigenvalue weighted by atomic mass is 16.1. The van der Waals surface area contributed by atoms with Crippen molar-refractivity contribution in [3.8, 4) is 0 Å². The van der Waals surface area contributed by atoms with Crippen LogP contribution in [-0.4, -0.2) is 17.8 Å². The maximum atomic E-state index is 12.0. The molecule has 0 radical (unpaired) electrons. The minimum absolute atomic E-state index is 0.475. The molecule has 2 unspecified atom stereocenters. The van der Waals surface area contributed by atoms with Gasteiger partial charge in [-0.05, 0) is 25.0 Å². The first-order chi connectivity index (χ1) is 8.48. The van der Waals surface area contributed by atoms with Crippen LogP contribution in [-0.2, 0) is 10.2 Å². The summed E-state index contributed by atoms with van der Waals surface area (Å²) in [4.78, 5) is 16.3. The Morgan fingerprint density at radius 3 is 2.44 bits per heavy atom. The van der Waals surface area contributed by atoms with E-state index in [-0.39, 0.29) is 0 Å². The molecule has 0 aliphatic carbocycles. The van der Waals surface area contributed by atoms with E-state index in [4.69, 9.17) is 11.5 Å². The van der Waals surface area contributed by atoms with Gasteiger partial charge in [0.1, 0.15) is 11.6 Å². The monoisotopic (exact) mass is 243 g/mol. The fraction of sp³-hybridized carbons (Fsp3) is 0.286. The largest absolute Gasteiger partial charge is 0.369 e. The molecule has 0 saturated heterocycles. The lowest BCUT2D eigenvalue weighted by Gasteiger charge is -2.35. The number of nitrogens with two attached hydrogens (primary N) is 2. The summed E-state index contributed by atoms with van der Waals surface area (Å²) in [5.41, 5.74) is 13.2. The van der Waals surface area contributed by atoms with Gasteiger partial charge in [-0.1, -0.05) is 36.4 Å². The number of aliphatic imine (C=N–C) groups is 1. The van der Waals surface area contributed by atoms with E-state index in [0.717, 1.165) is 16.8 Å². The fourth-order valence-electron chi connectivity index (χ4n) is 2.27. The van der Waals surface area contributed by atoms with Crippen LogP contribution < -0.4 is 11.5 Å². The van der Waals surface area contributed by atoms with Crippen LogP contribution in [0, 0.1) is 0 Å². The molecule has 1 aromatic rings. The summed E-state index contributed by atoms with van der Waals surface area (Å²) in [5.74, 6) is -0.475. The Labute approximate surface area is 106 Å². The lowest BCUT2D eigenvalue weighted by molar-refractivity contribution is -0.122. The fourth-order valence-corrected chi connectivity index (χ4v) is 2.27. The molecule has 1 aromatic carbocycles. The number of allylic oxidation sites excluding steroid dienone is 1. The predicted octanol–water partition coefficient (Wildman–Crippen LogP) is 1.12. The number of hydrogen-bond donors (Lipinski definition) is 2. The molecule has 1 amide bonds. The van der Waals surface area contributed by atoms with Gasteiger partial charge in [0.2, 0.25) is 5.91 Å². The first-order valence-electron chi connectivity index (χ1n) is 5.83. The molecule has 4 heteroatoms. The van der Waals surface area contributed by atoms with Crippen LogP contribution in [0.1, 0.15) is 19.4 Å². The average molecular weight is 243 g/mol.